The normalized spacial score (nSPS) is 13.4. The minimum Gasteiger partial charge on any atom is -0.508 e. The monoisotopic (exact) mass is 537 g/mol. The van der Waals surface area contributed by atoms with Gasteiger partial charge in [-0.25, -0.2) is 4.79 Å². The van der Waals surface area contributed by atoms with Crippen LogP contribution in [0.3, 0.4) is 0 Å². The Morgan fingerprint density at radius 3 is 2.30 bits per heavy atom. The summed E-state index contributed by atoms with van der Waals surface area (Å²) in [6.45, 7) is 15.4. The molecular formula is C28H47N3O5S. The molecule has 1 aromatic carbocycles. The highest BCUT2D eigenvalue weighted by Crippen LogP contribution is 2.34. The van der Waals surface area contributed by atoms with Crippen molar-refractivity contribution in [1.29, 1.82) is 0 Å². The van der Waals surface area contributed by atoms with E-state index in [0.717, 1.165) is 12.8 Å². The molecule has 0 spiro atoms. The first-order valence-corrected chi connectivity index (χ1v) is 14.5. The van der Waals surface area contributed by atoms with Crippen LogP contribution in [0.4, 0.5) is 4.79 Å². The van der Waals surface area contributed by atoms with Crippen molar-refractivity contribution in [1.82, 2.24) is 15.5 Å². The van der Waals surface area contributed by atoms with Crippen LogP contribution >= 0.6 is 11.8 Å². The minimum atomic E-state index is -0.948. The van der Waals surface area contributed by atoms with Gasteiger partial charge < -0.3 is 25.4 Å². The van der Waals surface area contributed by atoms with E-state index in [1.807, 2.05) is 34.0 Å². The van der Waals surface area contributed by atoms with Crippen LogP contribution in [0.1, 0.15) is 91.3 Å². The van der Waals surface area contributed by atoms with Crippen LogP contribution in [-0.4, -0.2) is 63.6 Å². The van der Waals surface area contributed by atoms with Gasteiger partial charge in [-0.2, -0.15) is 11.8 Å². The van der Waals surface area contributed by atoms with Crippen LogP contribution < -0.4 is 10.6 Å². The number of ether oxygens (including phenoxy) is 1. The summed E-state index contributed by atoms with van der Waals surface area (Å²) >= 11 is 1.57. The zero-order chi connectivity index (χ0) is 28.4. The number of hydrogen-bond donors (Lipinski definition) is 3. The number of rotatable bonds is 13. The number of carbonyl (C=O) groups is 3. The van der Waals surface area contributed by atoms with E-state index < -0.39 is 29.3 Å². The third kappa shape index (κ3) is 10.1. The topological polar surface area (TPSA) is 108 Å². The largest absolute Gasteiger partial charge is 0.508 e. The first-order chi connectivity index (χ1) is 17.2. The fourth-order valence-electron chi connectivity index (χ4n) is 3.81. The quantitative estimate of drug-likeness (QED) is 0.294. The van der Waals surface area contributed by atoms with E-state index in [2.05, 4.69) is 10.6 Å². The maximum atomic E-state index is 14.3. The van der Waals surface area contributed by atoms with Crippen LogP contribution in [0.15, 0.2) is 18.2 Å². The van der Waals surface area contributed by atoms with Crippen molar-refractivity contribution in [2.24, 2.45) is 0 Å². The molecule has 1 rings (SSSR count). The lowest BCUT2D eigenvalue weighted by Crippen LogP contribution is -2.59. The average molecular weight is 538 g/mol. The Morgan fingerprint density at radius 1 is 1.14 bits per heavy atom. The van der Waals surface area contributed by atoms with Gasteiger partial charge in [0.25, 0.3) is 0 Å². The molecule has 0 aliphatic rings. The molecule has 2 atom stereocenters. The second-order valence-corrected chi connectivity index (χ2v) is 11.9. The molecule has 8 nitrogen and oxygen atoms in total. The van der Waals surface area contributed by atoms with Gasteiger partial charge in [-0.15, -0.1) is 0 Å². The zero-order valence-electron chi connectivity index (χ0n) is 24.1. The number of phenolic OH excluding ortho intramolecular Hbond substituents is 1. The number of benzene rings is 1. The lowest BCUT2D eigenvalue weighted by atomic mass is 9.91. The third-order valence-corrected chi connectivity index (χ3v) is 6.87. The highest BCUT2D eigenvalue weighted by atomic mass is 32.2. The van der Waals surface area contributed by atoms with Crippen molar-refractivity contribution in [2.45, 2.75) is 104 Å². The molecule has 3 N–H and O–H groups in total. The molecule has 0 saturated carbocycles. The predicted molar refractivity (Wildman–Crippen MR) is 151 cm³/mol. The van der Waals surface area contributed by atoms with Gasteiger partial charge in [-0.05, 0) is 96.1 Å². The molecular weight excluding hydrogens is 490 g/mol. The first-order valence-electron chi connectivity index (χ1n) is 13.1. The third-order valence-electron chi connectivity index (χ3n) is 6.23. The van der Waals surface area contributed by atoms with Gasteiger partial charge in [0.1, 0.15) is 23.4 Å². The second kappa shape index (κ2) is 14.5. The Bertz CT molecular complexity index is 914. The Labute approximate surface area is 227 Å². The van der Waals surface area contributed by atoms with Crippen LogP contribution in [0, 0.1) is 6.92 Å². The first kappa shape index (κ1) is 32.6. The second-order valence-electron chi connectivity index (χ2n) is 10.9. The highest BCUT2D eigenvalue weighted by Gasteiger charge is 2.43. The van der Waals surface area contributed by atoms with Crippen LogP contribution in [0.5, 0.6) is 5.75 Å². The van der Waals surface area contributed by atoms with E-state index >= 15 is 0 Å². The standard InChI is InChI=1S/C28H47N3O5S/c1-10-12-16-29-24(33)23(20-13-14-22(32)19(3)18-20)31(28(7,8)11-2)25(34)21(15-17-37-9)30-26(35)36-27(4,5)6/h13-14,18,21,23,32H,10-12,15-17H2,1-9H3,(H,29,33)(H,30,35). The number of nitrogens with zero attached hydrogens (tertiary/aromatic N) is 1. The molecule has 1 aromatic rings. The van der Waals surface area contributed by atoms with Gasteiger partial charge in [-0.3, -0.25) is 9.59 Å². The molecule has 3 amide bonds. The Morgan fingerprint density at radius 2 is 1.78 bits per heavy atom. The summed E-state index contributed by atoms with van der Waals surface area (Å²) in [7, 11) is 0. The Kier molecular flexibility index (Phi) is 12.8. The molecule has 9 heteroatoms. The molecule has 0 aromatic heterocycles. The summed E-state index contributed by atoms with van der Waals surface area (Å²) in [4.78, 5) is 42.3. The van der Waals surface area contributed by atoms with Gasteiger partial charge in [0.15, 0.2) is 0 Å². The predicted octanol–water partition coefficient (Wildman–Crippen LogP) is 5.32. The Balaban J connectivity index is 3.61. The van der Waals surface area contributed by atoms with E-state index in [9.17, 15) is 19.5 Å². The van der Waals surface area contributed by atoms with Crippen molar-refractivity contribution in [3.8, 4) is 5.75 Å². The molecule has 37 heavy (non-hydrogen) atoms. The number of hydrogen-bond acceptors (Lipinski definition) is 6. The number of amides is 3. The Hall–Kier alpha value is -2.42. The van der Waals surface area contributed by atoms with Crippen molar-refractivity contribution < 1.29 is 24.2 Å². The molecule has 0 aliphatic heterocycles. The van der Waals surface area contributed by atoms with E-state index in [1.54, 1.807) is 62.6 Å². The van der Waals surface area contributed by atoms with Gasteiger partial charge in [-0.1, -0.05) is 26.3 Å². The SMILES string of the molecule is CCCCNC(=O)C(c1ccc(O)c(C)c1)N(C(=O)C(CCSC)NC(=O)OC(C)(C)C)C(C)(C)CC. The molecule has 2 unspecified atom stereocenters. The summed E-state index contributed by atoms with van der Waals surface area (Å²) in [6.07, 6.45) is 3.96. The molecule has 0 heterocycles. The van der Waals surface area contributed by atoms with Crippen LogP contribution in [0.25, 0.3) is 0 Å². The van der Waals surface area contributed by atoms with Crippen LogP contribution in [-0.2, 0) is 14.3 Å². The summed E-state index contributed by atoms with van der Waals surface area (Å²) < 4.78 is 5.44. The zero-order valence-corrected chi connectivity index (χ0v) is 24.9. The summed E-state index contributed by atoms with van der Waals surface area (Å²) in [5.41, 5.74) is -0.232. The number of unbranched alkanes of at least 4 members (excludes halogenated alkanes) is 1. The van der Waals surface area contributed by atoms with E-state index in [4.69, 9.17) is 4.74 Å². The number of phenols is 1. The molecule has 0 radical (unpaired) electrons. The number of carbonyl (C=O) groups excluding carboxylic acids is 3. The lowest BCUT2D eigenvalue weighted by molar-refractivity contribution is -0.149. The van der Waals surface area contributed by atoms with Crippen molar-refractivity contribution in [2.75, 3.05) is 18.6 Å². The number of aryl methyl sites for hydroxylation is 1. The van der Waals surface area contributed by atoms with Crippen molar-refractivity contribution in [3.05, 3.63) is 29.3 Å². The molecule has 0 saturated heterocycles. The summed E-state index contributed by atoms with van der Waals surface area (Å²) in [6, 6.07) is 3.14. The summed E-state index contributed by atoms with van der Waals surface area (Å²) in [5.74, 6) is 0.103. The van der Waals surface area contributed by atoms with Crippen molar-refractivity contribution in [3.63, 3.8) is 0 Å². The smallest absolute Gasteiger partial charge is 0.408 e. The average Bonchev–Trinajstić information content (AvgIpc) is 2.80. The maximum Gasteiger partial charge on any atom is 0.408 e. The molecule has 0 bridgehead atoms. The van der Waals surface area contributed by atoms with E-state index in [1.165, 1.54) is 0 Å². The maximum absolute atomic E-state index is 14.3. The number of nitrogens with one attached hydrogen (secondary N) is 2. The molecule has 0 aliphatic carbocycles. The highest BCUT2D eigenvalue weighted by molar-refractivity contribution is 7.98. The number of alkyl carbamates (subject to hydrolysis) is 1. The van der Waals surface area contributed by atoms with Gasteiger partial charge >= 0.3 is 6.09 Å². The van der Waals surface area contributed by atoms with Gasteiger partial charge in [0, 0.05) is 12.1 Å². The lowest BCUT2D eigenvalue weighted by Gasteiger charge is -2.44. The molecule has 210 valence electrons. The van der Waals surface area contributed by atoms with Crippen molar-refractivity contribution >= 4 is 29.7 Å². The van der Waals surface area contributed by atoms with Gasteiger partial charge in [0.2, 0.25) is 11.8 Å². The van der Waals surface area contributed by atoms with Gasteiger partial charge in [0.05, 0.1) is 0 Å². The molecule has 0 fully saturated rings. The van der Waals surface area contributed by atoms with Crippen LogP contribution in [0.2, 0.25) is 0 Å². The minimum absolute atomic E-state index is 0.117. The fourth-order valence-corrected chi connectivity index (χ4v) is 4.28. The summed E-state index contributed by atoms with van der Waals surface area (Å²) in [5, 5.41) is 15.9. The van der Waals surface area contributed by atoms with E-state index in [-0.39, 0.29) is 17.6 Å². The number of aromatic hydroxyl groups is 1. The fraction of sp³-hybridized carbons (Fsp3) is 0.679. The van der Waals surface area contributed by atoms with E-state index in [0.29, 0.717) is 36.3 Å². The number of thioether (sulfide) groups is 1.